The first kappa shape index (κ1) is 8.97. The lowest BCUT2D eigenvalue weighted by molar-refractivity contribution is 0.0327. The Balaban J connectivity index is 2.37. The second-order valence-electron chi connectivity index (χ2n) is 3.18. The predicted molar refractivity (Wildman–Crippen MR) is 45.8 cm³/mol. The molecule has 1 aliphatic heterocycles. The number of hydrogen-bond donors (Lipinski definition) is 1. The molecule has 0 aliphatic carbocycles. The van der Waals surface area contributed by atoms with E-state index < -0.39 is 0 Å². The van der Waals surface area contributed by atoms with Gasteiger partial charge in [-0.2, -0.15) is 0 Å². The SMILES string of the molecule is CCOC1CNCC1N(C)C. The third-order valence-corrected chi connectivity index (χ3v) is 2.17. The molecule has 0 aromatic carbocycles. The molecule has 1 aliphatic rings. The first-order valence-corrected chi connectivity index (χ1v) is 4.24. The zero-order valence-corrected chi connectivity index (χ0v) is 7.63. The minimum atomic E-state index is 0.384. The third kappa shape index (κ3) is 2.15. The van der Waals surface area contributed by atoms with Gasteiger partial charge < -0.3 is 15.0 Å². The van der Waals surface area contributed by atoms with Crippen LogP contribution >= 0.6 is 0 Å². The van der Waals surface area contributed by atoms with Crippen LogP contribution in [0.2, 0.25) is 0 Å². The second kappa shape index (κ2) is 4.04. The maximum atomic E-state index is 5.57. The summed E-state index contributed by atoms with van der Waals surface area (Å²) in [5, 5.41) is 3.32. The van der Waals surface area contributed by atoms with Gasteiger partial charge in [-0.25, -0.2) is 0 Å². The molecule has 1 rings (SSSR count). The van der Waals surface area contributed by atoms with Crippen molar-refractivity contribution in [1.29, 1.82) is 0 Å². The van der Waals surface area contributed by atoms with E-state index in [9.17, 15) is 0 Å². The molecule has 1 heterocycles. The molecule has 3 heteroatoms. The van der Waals surface area contributed by atoms with E-state index >= 15 is 0 Å². The van der Waals surface area contributed by atoms with Gasteiger partial charge in [-0.15, -0.1) is 0 Å². The fraction of sp³-hybridized carbons (Fsp3) is 1.00. The molecular weight excluding hydrogens is 140 g/mol. The van der Waals surface area contributed by atoms with Crippen molar-refractivity contribution in [3.63, 3.8) is 0 Å². The van der Waals surface area contributed by atoms with E-state index in [-0.39, 0.29) is 0 Å². The van der Waals surface area contributed by atoms with Crippen LogP contribution in [-0.2, 0) is 4.74 Å². The molecule has 2 atom stereocenters. The molecule has 0 bridgehead atoms. The van der Waals surface area contributed by atoms with Crippen molar-refractivity contribution >= 4 is 0 Å². The molecule has 0 amide bonds. The number of nitrogens with zero attached hydrogens (tertiary/aromatic N) is 1. The number of likely N-dealkylation sites (N-methyl/N-ethyl adjacent to an activating group) is 1. The fourth-order valence-electron chi connectivity index (χ4n) is 1.54. The lowest BCUT2D eigenvalue weighted by Gasteiger charge is -2.24. The molecule has 2 unspecified atom stereocenters. The monoisotopic (exact) mass is 158 g/mol. The first-order valence-electron chi connectivity index (χ1n) is 4.24. The Hall–Kier alpha value is -0.120. The average molecular weight is 158 g/mol. The molecule has 3 nitrogen and oxygen atoms in total. The van der Waals surface area contributed by atoms with Crippen LogP contribution in [0, 0.1) is 0 Å². The number of rotatable bonds is 3. The van der Waals surface area contributed by atoms with Gasteiger partial charge in [0.15, 0.2) is 0 Å². The second-order valence-corrected chi connectivity index (χ2v) is 3.18. The Kier molecular flexibility index (Phi) is 3.30. The van der Waals surface area contributed by atoms with Crippen LogP contribution in [0.25, 0.3) is 0 Å². The average Bonchev–Trinajstić information content (AvgIpc) is 2.36. The Labute approximate surface area is 68.7 Å². The summed E-state index contributed by atoms with van der Waals surface area (Å²) in [6.07, 6.45) is 0.384. The summed E-state index contributed by atoms with van der Waals surface area (Å²) >= 11 is 0. The predicted octanol–water partition coefficient (Wildman–Crippen LogP) is -0.0751. The number of ether oxygens (including phenoxy) is 1. The largest absolute Gasteiger partial charge is 0.375 e. The van der Waals surface area contributed by atoms with E-state index in [4.69, 9.17) is 4.74 Å². The molecule has 0 aromatic heterocycles. The summed E-state index contributed by atoms with van der Waals surface area (Å²) in [6, 6.07) is 0.551. The van der Waals surface area contributed by atoms with Gasteiger partial charge in [-0.05, 0) is 21.0 Å². The first-order chi connectivity index (χ1) is 5.25. The molecule has 66 valence electrons. The van der Waals surface area contributed by atoms with Crippen molar-refractivity contribution in [2.45, 2.75) is 19.1 Å². The van der Waals surface area contributed by atoms with Crippen molar-refractivity contribution < 1.29 is 4.74 Å². The molecule has 1 N–H and O–H groups in total. The van der Waals surface area contributed by atoms with Crippen LogP contribution < -0.4 is 5.32 Å². The van der Waals surface area contributed by atoms with Crippen molar-refractivity contribution in [3.8, 4) is 0 Å². The maximum Gasteiger partial charge on any atom is 0.0866 e. The highest BCUT2D eigenvalue weighted by atomic mass is 16.5. The zero-order chi connectivity index (χ0) is 8.27. The van der Waals surface area contributed by atoms with Crippen LogP contribution in [0.3, 0.4) is 0 Å². The van der Waals surface area contributed by atoms with Gasteiger partial charge in [0.05, 0.1) is 6.10 Å². The molecule has 11 heavy (non-hydrogen) atoms. The highest BCUT2D eigenvalue weighted by Gasteiger charge is 2.28. The van der Waals surface area contributed by atoms with Gasteiger partial charge in [0.1, 0.15) is 0 Å². The Morgan fingerprint density at radius 2 is 2.18 bits per heavy atom. The summed E-state index contributed by atoms with van der Waals surface area (Å²) in [7, 11) is 4.20. The van der Waals surface area contributed by atoms with Crippen LogP contribution in [-0.4, -0.2) is 50.8 Å². The summed E-state index contributed by atoms with van der Waals surface area (Å²) in [5.41, 5.74) is 0. The standard InChI is InChI=1S/C8H18N2O/c1-4-11-8-6-9-5-7(8)10(2)3/h7-9H,4-6H2,1-3H3. The van der Waals surface area contributed by atoms with E-state index in [1.54, 1.807) is 0 Å². The van der Waals surface area contributed by atoms with Gasteiger partial charge in [-0.1, -0.05) is 0 Å². The highest BCUT2D eigenvalue weighted by molar-refractivity contribution is 4.87. The van der Waals surface area contributed by atoms with E-state index in [0.29, 0.717) is 12.1 Å². The van der Waals surface area contributed by atoms with Crippen LogP contribution in [0.15, 0.2) is 0 Å². The van der Waals surface area contributed by atoms with E-state index in [1.165, 1.54) is 0 Å². The minimum Gasteiger partial charge on any atom is -0.375 e. The summed E-state index contributed by atoms with van der Waals surface area (Å²) in [6.45, 7) is 4.91. The van der Waals surface area contributed by atoms with Gasteiger partial charge >= 0.3 is 0 Å². The lowest BCUT2D eigenvalue weighted by Crippen LogP contribution is -2.39. The molecule has 1 fully saturated rings. The summed E-state index contributed by atoms with van der Waals surface area (Å²) in [5.74, 6) is 0. The summed E-state index contributed by atoms with van der Waals surface area (Å²) < 4.78 is 5.57. The Morgan fingerprint density at radius 1 is 1.45 bits per heavy atom. The van der Waals surface area contributed by atoms with Gasteiger partial charge in [0.25, 0.3) is 0 Å². The van der Waals surface area contributed by atoms with Crippen molar-refractivity contribution in [3.05, 3.63) is 0 Å². The molecule has 0 saturated carbocycles. The lowest BCUT2D eigenvalue weighted by atomic mass is 10.2. The molecule has 0 spiro atoms. The molecule has 0 aromatic rings. The minimum absolute atomic E-state index is 0.384. The van der Waals surface area contributed by atoms with Crippen molar-refractivity contribution in [2.75, 3.05) is 33.8 Å². The fourth-order valence-corrected chi connectivity index (χ4v) is 1.54. The highest BCUT2D eigenvalue weighted by Crippen LogP contribution is 2.08. The molecule has 1 saturated heterocycles. The normalized spacial score (nSPS) is 31.6. The van der Waals surface area contributed by atoms with Crippen molar-refractivity contribution in [2.24, 2.45) is 0 Å². The van der Waals surface area contributed by atoms with Gasteiger partial charge in [0.2, 0.25) is 0 Å². The smallest absolute Gasteiger partial charge is 0.0866 e. The van der Waals surface area contributed by atoms with Crippen LogP contribution in [0.4, 0.5) is 0 Å². The molecular formula is C8H18N2O. The van der Waals surface area contributed by atoms with E-state index in [1.807, 2.05) is 6.92 Å². The van der Waals surface area contributed by atoms with Crippen molar-refractivity contribution in [1.82, 2.24) is 10.2 Å². The number of nitrogens with one attached hydrogen (secondary N) is 1. The van der Waals surface area contributed by atoms with E-state index in [2.05, 4.69) is 24.3 Å². The van der Waals surface area contributed by atoms with Crippen LogP contribution in [0.5, 0.6) is 0 Å². The Bertz CT molecular complexity index is 117. The third-order valence-electron chi connectivity index (χ3n) is 2.17. The summed E-state index contributed by atoms with van der Waals surface area (Å²) in [4.78, 5) is 2.22. The zero-order valence-electron chi connectivity index (χ0n) is 7.63. The Morgan fingerprint density at radius 3 is 2.73 bits per heavy atom. The van der Waals surface area contributed by atoms with Crippen LogP contribution in [0.1, 0.15) is 6.92 Å². The molecule has 0 radical (unpaired) electrons. The topological polar surface area (TPSA) is 24.5 Å². The number of hydrogen-bond acceptors (Lipinski definition) is 3. The van der Waals surface area contributed by atoms with Gasteiger partial charge in [-0.3, -0.25) is 0 Å². The van der Waals surface area contributed by atoms with Gasteiger partial charge in [0, 0.05) is 25.7 Å². The maximum absolute atomic E-state index is 5.57. The quantitative estimate of drug-likeness (QED) is 0.622. The van der Waals surface area contributed by atoms with E-state index in [0.717, 1.165) is 19.7 Å².